The Morgan fingerprint density at radius 2 is 1.08 bits per heavy atom. The number of ether oxygens (including phenoxy) is 3. The molecule has 0 aliphatic carbocycles. The van der Waals surface area contributed by atoms with Gasteiger partial charge in [0.2, 0.25) is 0 Å². The Bertz CT molecular complexity index is 1290. The van der Waals surface area contributed by atoms with Crippen LogP contribution in [0.2, 0.25) is 0 Å². The van der Waals surface area contributed by atoms with Gasteiger partial charge in [-0.1, -0.05) is 177 Å². The van der Waals surface area contributed by atoms with Gasteiger partial charge in [0.05, 0.1) is 40.0 Å². The maximum Gasteiger partial charge on any atom is 0.306 e. The predicted octanol–water partition coefficient (Wildman–Crippen LogP) is 12.4. The summed E-state index contributed by atoms with van der Waals surface area (Å²) in [6, 6.07) is 0. The van der Waals surface area contributed by atoms with Crippen LogP contribution in [-0.2, 0) is 37.4 Å². The predicted molar refractivity (Wildman–Crippen MR) is 249 cm³/mol. The number of allylic oxidation sites excluding steroid dienone is 8. The fourth-order valence-corrected chi connectivity index (χ4v) is 7.33. The molecule has 0 radical (unpaired) electrons. The van der Waals surface area contributed by atoms with E-state index in [2.05, 4.69) is 62.5 Å². The normalized spacial score (nSPS) is 17.3. The highest BCUT2D eigenvalue weighted by Gasteiger charge is 2.36. The molecular weight excluding hydrogens is 790 g/mol. The molecule has 1 saturated heterocycles. The summed E-state index contributed by atoms with van der Waals surface area (Å²) < 4.78 is 39.6. The summed E-state index contributed by atoms with van der Waals surface area (Å²) in [5.74, 6) is -0.934. The maximum atomic E-state index is 12.7. The van der Waals surface area contributed by atoms with Gasteiger partial charge in [-0.2, -0.15) is 0 Å². The zero-order valence-corrected chi connectivity index (χ0v) is 40.2. The lowest BCUT2D eigenvalue weighted by atomic mass is 10.0. The molecule has 0 aromatic carbocycles. The number of hydrogen-bond acceptors (Lipinski definition) is 9. The number of unbranched alkanes of at least 4 members (excludes halogenated alkanes) is 16. The molecule has 3 unspecified atom stereocenters. The van der Waals surface area contributed by atoms with Gasteiger partial charge in [-0.3, -0.25) is 14.2 Å². The number of carbonyl (C=O) groups is 2. The SMILES string of the molecule is CC/C=C\CC1OC1C/C=C\C/C=C\C/C=C\C/C=C\CCC(=O)OC[C@H](COP(=O)([O-])OCC[N+](C)(C)C)OC(=O)CCCCCCCCCCCCCCCCCCC. The van der Waals surface area contributed by atoms with E-state index in [0.717, 1.165) is 57.8 Å². The minimum atomic E-state index is -4.65. The number of esters is 2. The summed E-state index contributed by atoms with van der Waals surface area (Å²) in [4.78, 5) is 37.6. The molecular formula is C50H88NO9P. The summed E-state index contributed by atoms with van der Waals surface area (Å²) in [6.45, 7) is 4.03. The van der Waals surface area contributed by atoms with Gasteiger partial charge in [0.1, 0.15) is 19.8 Å². The minimum Gasteiger partial charge on any atom is -0.756 e. The lowest BCUT2D eigenvalue weighted by Crippen LogP contribution is -2.37. The Labute approximate surface area is 372 Å². The third kappa shape index (κ3) is 39.0. The molecule has 1 aliphatic heterocycles. The number of rotatable bonds is 42. The molecule has 0 aromatic heterocycles. The highest BCUT2D eigenvalue weighted by molar-refractivity contribution is 7.45. The van der Waals surface area contributed by atoms with Crippen LogP contribution in [0.4, 0.5) is 0 Å². The second-order valence-corrected chi connectivity index (χ2v) is 18.9. The number of epoxide rings is 1. The molecule has 0 aromatic rings. The van der Waals surface area contributed by atoms with Crippen molar-refractivity contribution in [2.75, 3.05) is 47.5 Å². The molecule has 4 atom stereocenters. The molecule has 1 heterocycles. The van der Waals surface area contributed by atoms with E-state index >= 15 is 0 Å². The largest absolute Gasteiger partial charge is 0.756 e. The Morgan fingerprint density at radius 3 is 1.59 bits per heavy atom. The number of nitrogens with zero attached hydrogens (tertiary/aromatic N) is 1. The monoisotopic (exact) mass is 878 g/mol. The van der Waals surface area contributed by atoms with Crippen molar-refractivity contribution in [3.63, 3.8) is 0 Å². The second kappa shape index (κ2) is 38.2. The quantitative estimate of drug-likeness (QED) is 0.0147. The average Bonchev–Trinajstić information content (AvgIpc) is 3.97. The number of hydrogen-bond donors (Lipinski definition) is 0. The summed E-state index contributed by atoms with van der Waals surface area (Å²) >= 11 is 0. The van der Waals surface area contributed by atoms with Crippen LogP contribution < -0.4 is 4.89 Å². The number of phosphoric acid groups is 1. The standard InChI is InChI=1S/C50H88NO9P/c1-6-8-10-11-12-13-14-15-16-17-18-19-24-27-30-33-37-41-50(53)59-46(45-58-61(54,55)57-43-42-51(3,4)5)44-56-49(52)40-36-32-29-26-23-21-20-22-25-28-31-35-39-48-47(60-48)38-34-9-7-2/h9,21-23,25,29,31-32,34-35,46-48H,6-8,10-20,24,26-28,30,33,36-45H2,1-5H3/b23-21-,25-22-,32-29-,34-9-,35-31-/t46-,47?,48?/m1/s1. The number of phosphoric ester groups is 1. The fraction of sp³-hybridized carbons (Fsp3) is 0.760. The van der Waals surface area contributed by atoms with E-state index in [1.165, 1.54) is 83.5 Å². The van der Waals surface area contributed by atoms with Crippen molar-refractivity contribution in [3.05, 3.63) is 60.8 Å². The zero-order valence-electron chi connectivity index (χ0n) is 39.3. The van der Waals surface area contributed by atoms with Gasteiger partial charge in [-0.05, 0) is 51.4 Å². The Hall–Kier alpha value is -2.33. The van der Waals surface area contributed by atoms with E-state index in [-0.39, 0.29) is 26.1 Å². The zero-order chi connectivity index (χ0) is 44.7. The molecule has 10 nitrogen and oxygen atoms in total. The van der Waals surface area contributed by atoms with Gasteiger partial charge in [0.25, 0.3) is 7.82 Å². The fourth-order valence-electron chi connectivity index (χ4n) is 6.60. The molecule has 0 saturated carbocycles. The van der Waals surface area contributed by atoms with Crippen LogP contribution >= 0.6 is 7.82 Å². The van der Waals surface area contributed by atoms with Crippen LogP contribution in [0.25, 0.3) is 0 Å². The highest BCUT2D eigenvalue weighted by Crippen LogP contribution is 2.38. The van der Waals surface area contributed by atoms with Gasteiger partial charge in [-0.25, -0.2) is 0 Å². The van der Waals surface area contributed by atoms with Gasteiger partial charge in [-0.15, -0.1) is 0 Å². The van der Waals surface area contributed by atoms with E-state index in [9.17, 15) is 19.0 Å². The highest BCUT2D eigenvalue weighted by atomic mass is 31.2. The second-order valence-electron chi connectivity index (χ2n) is 17.5. The molecule has 1 fully saturated rings. The first-order valence-electron chi connectivity index (χ1n) is 24.1. The van der Waals surface area contributed by atoms with Crippen molar-refractivity contribution in [2.24, 2.45) is 0 Å². The van der Waals surface area contributed by atoms with E-state index < -0.39 is 32.5 Å². The van der Waals surface area contributed by atoms with Gasteiger partial charge < -0.3 is 32.6 Å². The van der Waals surface area contributed by atoms with Crippen molar-refractivity contribution >= 4 is 19.8 Å². The lowest BCUT2D eigenvalue weighted by molar-refractivity contribution is -0.870. The lowest BCUT2D eigenvalue weighted by Gasteiger charge is -2.28. The molecule has 1 aliphatic rings. The first-order valence-corrected chi connectivity index (χ1v) is 25.6. The van der Waals surface area contributed by atoms with Gasteiger partial charge in [0, 0.05) is 12.8 Å². The molecule has 352 valence electrons. The van der Waals surface area contributed by atoms with Crippen molar-refractivity contribution < 1.29 is 46.8 Å². The number of quaternary nitrogens is 1. The summed E-state index contributed by atoms with van der Waals surface area (Å²) in [7, 11) is 1.12. The molecule has 0 bridgehead atoms. The number of likely N-dealkylation sites (N-methyl/N-ethyl adjacent to an activating group) is 1. The molecule has 11 heteroatoms. The van der Waals surface area contributed by atoms with Gasteiger partial charge in [0.15, 0.2) is 6.10 Å². The maximum absolute atomic E-state index is 12.7. The van der Waals surface area contributed by atoms with Crippen molar-refractivity contribution in [2.45, 2.75) is 199 Å². The Morgan fingerprint density at radius 1 is 0.607 bits per heavy atom. The van der Waals surface area contributed by atoms with Crippen molar-refractivity contribution in [1.82, 2.24) is 0 Å². The summed E-state index contributed by atoms with van der Waals surface area (Å²) in [5.41, 5.74) is 0. The van der Waals surface area contributed by atoms with E-state index in [1.807, 2.05) is 33.3 Å². The van der Waals surface area contributed by atoms with Crippen molar-refractivity contribution in [3.8, 4) is 0 Å². The van der Waals surface area contributed by atoms with E-state index in [1.54, 1.807) is 0 Å². The average molecular weight is 878 g/mol. The first-order chi connectivity index (χ1) is 29.5. The molecule has 1 rings (SSSR count). The molecule has 0 amide bonds. The third-order valence-electron chi connectivity index (χ3n) is 10.5. The van der Waals surface area contributed by atoms with Crippen LogP contribution in [0.1, 0.15) is 181 Å². The number of carbonyl (C=O) groups excluding carboxylic acids is 2. The summed E-state index contributed by atoms with van der Waals surface area (Å²) in [6.07, 6.45) is 48.7. The van der Waals surface area contributed by atoms with Gasteiger partial charge >= 0.3 is 11.9 Å². The van der Waals surface area contributed by atoms with Crippen LogP contribution in [0.5, 0.6) is 0 Å². The minimum absolute atomic E-state index is 0.0450. The smallest absolute Gasteiger partial charge is 0.306 e. The van der Waals surface area contributed by atoms with E-state index in [0.29, 0.717) is 36.1 Å². The Balaban J connectivity index is 2.28. The molecule has 61 heavy (non-hydrogen) atoms. The molecule has 0 spiro atoms. The van der Waals surface area contributed by atoms with Crippen LogP contribution in [0.15, 0.2) is 60.8 Å². The first kappa shape index (κ1) is 56.7. The summed E-state index contributed by atoms with van der Waals surface area (Å²) in [5, 5.41) is 0. The van der Waals surface area contributed by atoms with Crippen LogP contribution in [0, 0.1) is 0 Å². The molecule has 0 N–H and O–H groups in total. The van der Waals surface area contributed by atoms with E-state index in [4.69, 9.17) is 23.3 Å². The van der Waals surface area contributed by atoms with Crippen molar-refractivity contribution in [1.29, 1.82) is 0 Å². The van der Waals surface area contributed by atoms with Crippen LogP contribution in [0.3, 0.4) is 0 Å². The Kier molecular flexibility index (Phi) is 35.5. The third-order valence-corrected chi connectivity index (χ3v) is 11.4. The van der Waals surface area contributed by atoms with Crippen LogP contribution in [-0.4, -0.2) is 82.2 Å². The topological polar surface area (TPSA) is 124 Å².